The number of esters is 2. The summed E-state index contributed by atoms with van der Waals surface area (Å²) in [4.78, 5) is 33.8. The van der Waals surface area contributed by atoms with Crippen LogP contribution in [0.15, 0.2) is 11.6 Å². The monoisotopic (exact) mass is 286 g/mol. The summed E-state index contributed by atoms with van der Waals surface area (Å²) in [6.07, 6.45) is 3.47. The number of ether oxygens (including phenoxy) is 2. The molecule has 0 aliphatic rings. The Morgan fingerprint density at radius 3 is 2.05 bits per heavy atom. The highest BCUT2D eigenvalue weighted by molar-refractivity contribution is 5.99. The van der Waals surface area contributed by atoms with Gasteiger partial charge in [-0.25, -0.2) is 9.59 Å². The van der Waals surface area contributed by atoms with Crippen LogP contribution in [0, 0.1) is 0 Å². The molecule has 0 heterocycles. The molecular weight excluding hydrogens is 264 g/mol. The zero-order valence-electron chi connectivity index (χ0n) is 12.0. The molecule has 0 spiro atoms. The maximum atomic E-state index is 11.7. The van der Waals surface area contributed by atoms with Crippen molar-refractivity contribution >= 4 is 17.9 Å². The highest BCUT2D eigenvalue weighted by atomic mass is 16.5. The van der Waals surface area contributed by atoms with Gasteiger partial charge >= 0.3 is 17.9 Å². The van der Waals surface area contributed by atoms with Gasteiger partial charge in [0.2, 0.25) is 0 Å². The van der Waals surface area contributed by atoms with Gasteiger partial charge in [-0.2, -0.15) is 0 Å². The number of rotatable bonds is 10. The van der Waals surface area contributed by atoms with E-state index in [2.05, 4.69) is 0 Å². The van der Waals surface area contributed by atoms with Crippen molar-refractivity contribution in [3.8, 4) is 0 Å². The number of hydrogen-bond donors (Lipinski definition) is 1. The lowest BCUT2D eigenvalue weighted by atomic mass is 10.2. The summed E-state index contributed by atoms with van der Waals surface area (Å²) in [6.45, 7) is 4.34. The lowest BCUT2D eigenvalue weighted by Crippen LogP contribution is -2.15. The Labute approximate surface area is 118 Å². The molecule has 0 fully saturated rings. The average molecular weight is 286 g/mol. The summed E-state index contributed by atoms with van der Waals surface area (Å²) in [6, 6.07) is 0. The fraction of sp³-hybridized carbons (Fsp3) is 0.643. The third-order valence-electron chi connectivity index (χ3n) is 2.37. The summed E-state index contributed by atoms with van der Waals surface area (Å²) in [5.41, 5.74) is -0.199. The molecular formula is C14H22O6. The lowest BCUT2D eigenvalue weighted by Gasteiger charge is -2.06. The van der Waals surface area contributed by atoms with E-state index >= 15 is 0 Å². The maximum Gasteiger partial charge on any atom is 0.334 e. The van der Waals surface area contributed by atoms with Gasteiger partial charge in [-0.3, -0.25) is 4.79 Å². The van der Waals surface area contributed by atoms with Gasteiger partial charge in [-0.05, 0) is 12.8 Å². The normalized spacial score (nSPS) is 11.0. The smallest absolute Gasteiger partial charge is 0.334 e. The molecule has 1 N–H and O–H groups in total. The zero-order valence-corrected chi connectivity index (χ0v) is 12.0. The van der Waals surface area contributed by atoms with Crippen LogP contribution in [0.3, 0.4) is 0 Å². The Morgan fingerprint density at radius 1 is 1.00 bits per heavy atom. The first-order chi connectivity index (χ1) is 9.51. The highest BCUT2D eigenvalue weighted by Crippen LogP contribution is 2.06. The molecule has 6 heteroatoms. The van der Waals surface area contributed by atoms with E-state index in [4.69, 9.17) is 14.6 Å². The number of carbonyl (C=O) groups is 3. The first-order valence-electron chi connectivity index (χ1n) is 6.77. The standard InChI is InChI=1S/C14H22O6/c1-3-5-7-19-13(17)10-11(9-12(15)16)14(18)20-8-6-4-2/h10H,3-9H2,1-2H3,(H,15,16)/b11-10-. The van der Waals surface area contributed by atoms with Crippen molar-refractivity contribution in [1.29, 1.82) is 0 Å². The molecule has 0 bridgehead atoms. The predicted octanol–water partition coefficient (Wildman–Crippen LogP) is 2.07. The van der Waals surface area contributed by atoms with Crippen molar-refractivity contribution in [3.05, 3.63) is 11.6 Å². The van der Waals surface area contributed by atoms with Crippen LogP contribution in [-0.2, 0) is 23.9 Å². The van der Waals surface area contributed by atoms with E-state index in [0.717, 1.165) is 25.3 Å². The number of carbonyl (C=O) groups excluding carboxylic acids is 2. The molecule has 0 aromatic heterocycles. The maximum absolute atomic E-state index is 11.7. The van der Waals surface area contributed by atoms with E-state index < -0.39 is 24.3 Å². The van der Waals surface area contributed by atoms with Crippen LogP contribution in [0.25, 0.3) is 0 Å². The third kappa shape index (κ3) is 9.13. The average Bonchev–Trinajstić information content (AvgIpc) is 2.38. The predicted molar refractivity (Wildman–Crippen MR) is 72.1 cm³/mol. The molecule has 0 saturated carbocycles. The summed E-state index contributed by atoms with van der Waals surface area (Å²) >= 11 is 0. The molecule has 0 aromatic carbocycles. The summed E-state index contributed by atoms with van der Waals surface area (Å²) in [7, 11) is 0. The first kappa shape index (κ1) is 18.1. The van der Waals surface area contributed by atoms with Crippen molar-refractivity contribution in [2.45, 2.75) is 46.0 Å². The highest BCUT2D eigenvalue weighted by Gasteiger charge is 2.17. The number of aliphatic carboxylic acids is 1. The van der Waals surface area contributed by atoms with E-state index in [9.17, 15) is 14.4 Å². The SMILES string of the molecule is CCCCOC(=O)/C=C(/CC(=O)O)C(=O)OCCCC. The van der Waals surface area contributed by atoms with Crippen molar-refractivity contribution in [1.82, 2.24) is 0 Å². The van der Waals surface area contributed by atoms with Gasteiger partial charge in [0.25, 0.3) is 0 Å². The molecule has 6 nitrogen and oxygen atoms in total. The summed E-state index contributed by atoms with van der Waals surface area (Å²) in [5, 5.41) is 8.73. The van der Waals surface area contributed by atoms with Crippen LogP contribution in [0.4, 0.5) is 0 Å². The third-order valence-corrected chi connectivity index (χ3v) is 2.37. The molecule has 0 aromatic rings. The van der Waals surface area contributed by atoms with E-state index in [-0.39, 0.29) is 18.8 Å². The minimum Gasteiger partial charge on any atom is -0.481 e. The first-order valence-corrected chi connectivity index (χ1v) is 6.77. The van der Waals surface area contributed by atoms with Crippen LogP contribution >= 0.6 is 0 Å². The topological polar surface area (TPSA) is 89.9 Å². The summed E-state index contributed by atoms with van der Waals surface area (Å²) in [5.74, 6) is -2.71. The molecule has 20 heavy (non-hydrogen) atoms. The van der Waals surface area contributed by atoms with Crippen LogP contribution in [-0.4, -0.2) is 36.2 Å². The van der Waals surface area contributed by atoms with Gasteiger partial charge in [-0.1, -0.05) is 26.7 Å². The molecule has 0 amide bonds. The van der Waals surface area contributed by atoms with Crippen LogP contribution in [0.5, 0.6) is 0 Å². The van der Waals surface area contributed by atoms with Gasteiger partial charge in [0.1, 0.15) is 0 Å². The Morgan fingerprint density at radius 2 is 1.55 bits per heavy atom. The van der Waals surface area contributed by atoms with Gasteiger partial charge in [0.05, 0.1) is 25.2 Å². The van der Waals surface area contributed by atoms with Crippen molar-refractivity contribution in [3.63, 3.8) is 0 Å². The fourth-order valence-electron chi connectivity index (χ4n) is 1.25. The van der Waals surface area contributed by atoms with Crippen molar-refractivity contribution < 1.29 is 29.0 Å². The molecule has 0 unspecified atom stereocenters. The molecule has 0 atom stereocenters. The quantitative estimate of drug-likeness (QED) is 0.375. The molecule has 114 valence electrons. The van der Waals surface area contributed by atoms with Gasteiger partial charge in [-0.15, -0.1) is 0 Å². The Balaban J connectivity index is 4.55. The second-order valence-electron chi connectivity index (χ2n) is 4.25. The number of carboxylic acids is 1. The number of unbranched alkanes of at least 4 members (excludes halogenated alkanes) is 2. The molecule has 0 rings (SSSR count). The lowest BCUT2D eigenvalue weighted by molar-refractivity contribution is -0.143. The molecule has 0 aliphatic heterocycles. The minimum absolute atomic E-state index is 0.199. The minimum atomic E-state index is -1.20. The van der Waals surface area contributed by atoms with Gasteiger partial charge in [0, 0.05) is 6.08 Å². The molecule has 0 radical (unpaired) electrons. The summed E-state index contributed by atoms with van der Waals surface area (Å²) < 4.78 is 9.75. The Hall–Kier alpha value is -1.85. The largest absolute Gasteiger partial charge is 0.481 e. The molecule has 0 aliphatic carbocycles. The zero-order chi connectivity index (χ0) is 15.4. The van der Waals surface area contributed by atoms with Crippen molar-refractivity contribution in [2.24, 2.45) is 0 Å². The molecule has 0 saturated heterocycles. The second-order valence-corrected chi connectivity index (χ2v) is 4.25. The van der Waals surface area contributed by atoms with Crippen LogP contribution < -0.4 is 0 Å². The second kappa shape index (κ2) is 11.0. The Bertz CT molecular complexity index is 359. The van der Waals surface area contributed by atoms with E-state index in [0.29, 0.717) is 6.42 Å². The van der Waals surface area contributed by atoms with Gasteiger partial charge < -0.3 is 14.6 Å². The number of hydrogen-bond acceptors (Lipinski definition) is 5. The van der Waals surface area contributed by atoms with E-state index in [1.54, 1.807) is 0 Å². The fourth-order valence-corrected chi connectivity index (χ4v) is 1.25. The van der Waals surface area contributed by atoms with Crippen molar-refractivity contribution in [2.75, 3.05) is 13.2 Å². The number of carboxylic acid groups (broad SMARTS) is 1. The Kier molecular flexibility index (Phi) is 10.00. The van der Waals surface area contributed by atoms with E-state index in [1.165, 1.54) is 0 Å². The van der Waals surface area contributed by atoms with E-state index in [1.807, 2.05) is 13.8 Å². The van der Waals surface area contributed by atoms with Crippen LogP contribution in [0.1, 0.15) is 46.0 Å². The van der Waals surface area contributed by atoms with Gasteiger partial charge in [0.15, 0.2) is 0 Å². The van der Waals surface area contributed by atoms with Crippen LogP contribution in [0.2, 0.25) is 0 Å².